The van der Waals surface area contributed by atoms with Crippen molar-refractivity contribution in [3.63, 3.8) is 0 Å². The number of nitrogens with one attached hydrogen (secondary N) is 1. The van der Waals surface area contributed by atoms with Crippen LogP contribution in [0, 0.1) is 11.8 Å². The maximum absolute atomic E-state index is 11.7. The number of nitrogens with two attached hydrogens (primary N) is 1. The largest absolute Gasteiger partial charge is 0.391 e. The molecule has 2 atom stereocenters. The summed E-state index contributed by atoms with van der Waals surface area (Å²) in [6.45, 7) is 4.91. The van der Waals surface area contributed by atoms with Gasteiger partial charge in [0.05, 0.1) is 0 Å². The highest BCUT2D eigenvalue weighted by molar-refractivity contribution is 5.93. The molecule has 1 aliphatic heterocycles. The van der Waals surface area contributed by atoms with Gasteiger partial charge in [0, 0.05) is 32.4 Å². The summed E-state index contributed by atoms with van der Waals surface area (Å²) in [6, 6.07) is 7.59. The van der Waals surface area contributed by atoms with E-state index in [1.54, 1.807) is 13.2 Å². The van der Waals surface area contributed by atoms with Crippen molar-refractivity contribution < 1.29 is 14.3 Å². The molecular formula is C22H32N2O3. The van der Waals surface area contributed by atoms with E-state index in [4.69, 9.17) is 15.2 Å². The predicted molar refractivity (Wildman–Crippen MR) is 106 cm³/mol. The molecule has 1 aromatic rings. The first kappa shape index (κ1) is 19.9. The molecule has 3 rings (SSSR count). The van der Waals surface area contributed by atoms with Crippen LogP contribution in [0.2, 0.25) is 0 Å². The molecule has 1 aliphatic carbocycles. The van der Waals surface area contributed by atoms with Crippen LogP contribution in [-0.4, -0.2) is 32.8 Å². The Morgan fingerprint density at radius 2 is 2.15 bits per heavy atom. The Bertz CT molecular complexity index is 682. The van der Waals surface area contributed by atoms with Crippen LogP contribution in [0.15, 0.2) is 36.0 Å². The average molecular weight is 373 g/mol. The molecule has 2 aliphatic rings. The Kier molecular flexibility index (Phi) is 6.55. The van der Waals surface area contributed by atoms with Crippen LogP contribution in [0.25, 0.3) is 0 Å². The van der Waals surface area contributed by atoms with E-state index in [1.165, 1.54) is 5.57 Å². The Morgan fingerprint density at radius 1 is 1.37 bits per heavy atom. The molecule has 0 aromatic heterocycles. The molecule has 0 bridgehead atoms. The van der Waals surface area contributed by atoms with E-state index in [0.29, 0.717) is 17.4 Å². The van der Waals surface area contributed by atoms with Crippen molar-refractivity contribution in [1.82, 2.24) is 5.32 Å². The minimum Gasteiger partial charge on any atom is -0.391 e. The van der Waals surface area contributed by atoms with E-state index in [0.717, 1.165) is 57.4 Å². The molecule has 0 radical (unpaired) electrons. The zero-order valence-corrected chi connectivity index (χ0v) is 16.5. The number of ether oxygens (including phenoxy) is 2. The van der Waals surface area contributed by atoms with Crippen LogP contribution in [0.3, 0.4) is 0 Å². The van der Waals surface area contributed by atoms with Gasteiger partial charge in [0.2, 0.25) is 5.91 Å². The summed E-state index contributed by atoms with van der Waals surface area (Å²) < 4.78 is 11.6. The highest BCUT2D eigenvalue weighted by atomic mass is 16.5. The van der Waals surface area contributed by atoms with E-state index in [-0.39, 0.29) is 0 Å². The van der Waals surface area contributed by atoms with Crippen molar-refractivity contribution in [1.29, 1.82) is 0 Å². The van der Waals surface area contributed by atoms with Gasteiger partial charge in [-0.3, -0.25) is 4.79 Å². The Morgan fingerprint density at radius 3 is 2.85 bits per heavy atom. The third-order valence-corrected chi connectivity index (χ3v) is 6.18. The predicted octanol–water partition coefficient (Wildman–Crippen LogP) is 3.35. The molecule has 1 aromatic carbocycles. The van der Waals surface area contributed by atoms with Crippen LogP contribution in [-0.2, 0) is 15.1 Å². The number of methoxy groups -OCH3 is 1. The van der Waals surface area contributed by atoms with Crippen molar-refractivity contribution >= 4 is 5.91 Å². The van der Waals surface area contributed by atoms with Gasteiger partial charge >= 0.3 is 0 Å². The number of rotatable bonds is 6. The Balaban J connectivity index is 1.87. The van der Waals surface area contributed by atoms with Gasteiger partial charge in [0.15, 0.2) is 0 Å². The summed E-state index contributed by atoms with van der Waals surface area (Å²) in [5, 5.41) is 3.55. The lowest BCUT2D eigenvalue weighted by Gasteiger charge is -2.44. The summed E-state index contributed by atoms with van der Waals surface area (Å²) in [5.74, 6) is 0.567. The second-order valence-corrected chi connectivity index (χ2v) is 7.81. The fourth-order valence-corrected chi connectivity index (χ4v) is 4.61. The standard InChI is InChI=1S/C22H32N2O3/c1-16-5-3-8-20(15-24-14-17-9-11-27-12-10-17)22(16,26-2)19-7-4-6-18(13-19)21(23)25/h4,6-7,13,15-17,24H,3,5,8-12,14H2,1-2H3,(H2,23,25)/b20-15+. The molecule has 0 spiro atoms. The summed E-state index contributed by atoms with van der Waals surface area (Å²) >= 11 is 0. The summed E-state index contributed by atoms with van der Waals surface area (Å²) in [5.41, 5.74) is 7.77. The van der Waals surface area contributed by atoms with Gasteiger partial charge in [0.1, 0.15) is 5.60 Å². The van der Waals surface area contributed by atoms with Gasteiger partial charge in [-0.1, -0.05) is 19.1 Å². The monoisotopic (exact) mass is 372 g/mol. The molecule has 5 nitrogen and oxygen atoms in total. The first-order valence-electron chi connectivity index (χ1n) is 10.0. The highest BCUT2D eigenvalue weighted by Gasteiger charge is 2.44. The number of carbonyl (C=O) groups is 1. The third kappa shape index (κ3) is 4.19. The van der Waals surface area contributed by atoms with E-state index >= 15 is 0 Å². The zero-order valence-electron chi connectivity index (χ0n) is 16.5. The van der Waals surface area contributed by atoms with Crippen LogP contribution in [0.4, 0.5) is 0 Å². The van der Waals surface area contributed by atoms with Crippen LogP contribution < -0.4 is 11.1 Å². The molecule has 1 amide bonds. The molecule has 2 unspecified atom stereocenters. The topological polar surface area (TPSA) is 73.6 Å². The van der Waals surface area contributed by atoms with Crippen molar-refractivity contribution in [3.8, 4) is 0 Å². The van der Waals surface area contributed by atoms with Crippen LogP contribution >= 0.6 is 0 Å². The first-order valence-corrected chi connectivity index (χ1v) is 10.0. The lowest BCUT2D eigenvalue weighted by atomic mass is 9.69. The number of hydrogen-bond donors (Lipinski definition) is 2. The van der Waals surface area contributed by atoms with Gasteiger partial charge in [-0.2, -0.15) is 0 Å². The third-order valence-electron chi connectivity index (χ3n) is 6.18. The van der Waals surface area contributed by atoms with E-state index in [1.807, 2.05) is 18.2 Å². The molecule has 148 valence electrons. The molecule has 27 heavy (non-hydrogen) atoms. The smallest absolute Gasteiger partial charge is 0.248 e. The molecule has 3 N–H and O–H groups in total. The normalized spacial score (nSPS) is 28.2. The van der Waals surface area contributed by atoms with Crippen LogP contribution in [0.5, 0.6) is 0 Å². The molecular weight excluding hydrogens is 340 g/mol. The molecule has 1 saturated carbocycles. The second kappa shape index (κ2) is 8.89. The second-order valence-electron chi connectivity index (χ2n) is 7.81. The van der Waals surface area contributed by atoms with Gasteiger partial charge in [-0.15, -0.1) is 0 Å². The number of benzene rings is 1. The Labute approximate surface area is 162 Å². The maximum atomic E-state index is 11.7. The SMILES string of the molecule is COC1(c2cccc(C(N)=O)c2)/C(=C/NCC2CCOCC2)CCCC1C. The molecule has 1 heterocycles. The number of primary amides is 1. The number of carbonyl (C=O) groups excluding carboxylic acids is 1. The molecule has 1 saturated heterocycles. The number of amides is 1. The minimum atomic E-state index is -0.521. The van der Waals surface area contributed by atoms with Crippen molar-refractivity contribution in [3.05, 3.63) is 47.2 Å². The average Bonchev–Trinajstić information content (AvgIpc) is 2.69. The quantitative estimate of drug-likeness (QED) is 0.803. The molecule has 2 fully saturated rings. The minimum absolute atomic E-state index is 0.315. The van der Waals surface area contributed by atoms with E-state index < -0.39 is 11.5 Å². The lowest BCUT2D eigenvalue weighted by molar-refractivity contribution is -0.0434. The summed E-state index contributed by atoms with van der Waals surface area (Å²) in [7, 11) is 1.77. The van der Waals surface area contributed by atoms with Gasteiger partial charge in [0.25, 0.3) is 0 Å². The highest BCUT2D eigenvalue weighted by Crippen LogP contribution is 2.47. The van der Waals surface area contributed by atoms with Crippen molar-refractivity contribution in [2.45, 2.75) is 44.6 Å². The summed E-state index contributed by atoms with van der Waals surface area (Å²) in [4.78, 5) is 11.7. The van der Waals surface area contributed by atoms with Crippen molar-refractivity contribution in [2.24, 2.45) is 17.6 Å². The van der Waals surface area contributed by atoms with Gasteiger partial charge in [-0.25, -0.2) is 0 Å². The van der Waals surface area contributed by atoms with Gasteiger partial charge in [-0.05, 0) is 73.4 Å². The number of hydrogen-bond acceptors (Lipinski definition) is 4. The van der Waals surface area contributed by atoms with E-state index in [9.17, 15) is 4.79 Å². The zero-order chi connectivity index (χ0) is 19.3. The Hall–Kier alpha value is -1.85. The first-order chi connectivity index (χ1) is 13.1. The molecule has 5 heteroatoms. The summed E-state index contributed by atoms with van der Waals surface area (Å²) in [6.07, 6.45) is 7.61. The van der Waals surface area contributed by atoms with Gasteiger partial charge < -0.3 is 20.5 Å². The van der Waals surface area contributed by atoms with E-state index in [2.05, 4.69) is 18.4 Å². The fraction of sp³-hybridized carbons (Fsp3) is 0.591. The fourth-order valence-electron chi connectivity index (χ4n) is 4.61. The lowest BCUT2D eigenvalue weighted by Crippen LogP contribution is -2.41. The van der Waals surface area contributed by atoms with Crippen LogP contribution in [0.1, 0.15) is 54.9 Å². The maximum Gasteiger partial charge on any atom is 0.248 e. The van der Waals surface area contributed by atoms with Crippen molar-refractivity contribution in [2.75, 3.05) is 26.9 Å².